The Morgan fingerprint density at radius 2 is 1.73 bits per heavy atom. The molecule has 162 valence electrons. The van der Waals surface area contributed by atoms with E-state index < -0.39 is 0 Å². The summed E-state index contributed by atoms with van der Waals surface area (Å²) in [6.45, 7) is 13.1. The average Bonchev–Trinajstić information content (AvgIpc) is 2.70. The van der Waals surface area contributed by atoms with Crippen LogP contribution in [0.15, 0.2) is 18.2 Å². The molecule has 1 aromatic heterocycles. The molecule has 1 amide bonds. The van der Waals surface area contributed by atoms with Gasteiger partial charge in [-0.1, -0.05) is 57.0 Å². The summed E-state index contributed by atoms with van der Waals surface area (Å²) in [5.74, 6) is 2.26. The molecule has 0 spiro atoms. The maximum Gasteiger partial charge on any atom is 0.225 e. The number of hydrogen-bond acceptors (Lipinski definition) is 4. The molecule has 1 aliphatic heterocycles. The van der Waals surface area contributed by atoms with Crippen LogP contribution in [0.2, 0.25) is 10.0 Å². The van der Waals surface area contributed by atoms with Crippen LogP contribution in [-0.4, -0.2) is 47.0 Å². The van der Waals surface area contributed by atoms with E-state index in [0.29, 0.717) is 29.6 Å². The molecule has 0 unspecified atom stereocenters. The van der Waals surface area contributed by atoms with Crippen molar-refractivity contribution < 1.29 is 4.79 Å². The number of hydrogen-bond donors (Lipinski definition) is 0. The molecule has 0 N–H and O–H groups in total. The molecule has 0 radical (unpaired) electrons. The Morgan fingerprint density at radius 1 is 1.07 bits per heavy atom. The van der Waals surface area contributed by atoms with E-state index in [1.165, 1.54) is 0 Å². The highest BCUT2D eigenvalue weighted by Crippen LogP contribution is 2.30. The number of piperazine rings is 1. The number of carbonyl (C=O) groups excluding carboxylic acids is 1. The Morgan fingerprint density at radius 3 is 2.30 bits per heavy atom. The molecule has 1 saturated heterocycles. The van der Waals surface area contributed by atoms with Crippen molar-refractivity contribution in [1.29, 1.82) is 0 Å². The van der Waals surface area contributed by atoms with Crippen LogP contribution in [0.4, 0.5) is 5.82 Å². The minimum atomic E-state index is 0.0213. The lowest BCUT2D eigenvalue weighted by atomic mass is 10.0. The Balaban J connectivity index is 1.93. The van der Waals surface area contributed by atoms with Gasteiger partial charge in [-0.15, -0.1) is 0 Å². The summed E-state index contributed by atoms with van der Waals surface area (Å²) in [7, 11) is 0. The van der Waals surface area contributed by atoms with Crippen molar-refractivity contribution >= 4 is 34.9 Å². The van der Waals surface area contributed by atoms with Gasteiger partial charge in [0.2, 0.25) is 5.91 Å². The molecule has 1 fully saturated rings. The van der Waals surface area contributed by atoms with Gasteiger partial charge in [0.1, 0.15) is 11.6 Å². The molecule has 1 aliphatic rings. The van der Waals surface area contributed by atoms with Gasteiger partial charge in [-0.3, -0.25) is 4.79 Å². The van der Waals surface area contributed by atoms with Gasteiger partial charge in [-0.25, -0.2) is 9.97 Å². The van der Waals surface area contributed by atoms with Crippen LogP contribution in [0, 0.1) is 12.8 Å². The lowest BCUT2D eigenvalue weighted by Gasteiger charge is -2.37. The van der Waals surface area contributed by atoms with Crippen LogP contribution < -0.4 is 4.90 Å². The Labute approximate surface area is 189 Å². The van der Waals surface area contributed by atoms with Gasteiger partial charge in [0, 0.05) is 65.7 Å². The molecule has 2 heterocycles. The smallest absolute Gasteiger partial charge is 0.225 e. The summed E-state index contributed by atoms with van der Waals surface area (Å²) in [5, 5.41) is 1.27. The second kappa shape index (κ2) is 9.52. The SMILES string of the molecule is Cc1nc(C(C)C)nc(N2CCN(C(=O)C(C)C)CC2)c1Cc1ccc(Cl)cc1Cl. The van der Waals surface area contributed by atoms with E-state index in [9.17, 15) is 4.79 Å². The third-order valence-corrected chi connectivity index (χ3v) is 6.08. The highest BCUT2D eigenvalue weighted by atomic mass is 35.5. The normalized spacial score (nSPS) is 14.7. The van der Waals surface area contributed by atoms with Gasteiger partial charge < -0.3 is 9.80 Å². The van der Waals surface area contributed by atoms with Gasteiger partial charge in [-0.2, -0.15) is 0 Å². The first-order chi connectivity index (χ1) is 14.2. The summed E-state index contributed by atoms with van der Waals surface area (Å²) in [5.41, 5.74) is 3.04. The monoisotopic (exact) mass is 448 g/mol. The number of aryl methyl sites for hydroxylation is 1. The van der Waals surface area contributed by atoms with Gasteiger partial charge in [0.05, 0.1) is 0 Å². The van der Waals surface area contributed by atoms with Crippen molar-refractivity contribution in [2.45, 2.75) is 47.0 Å². The maximum absolute atomic E-state index is 12.4. The topological polar surface area (TPSA) is 49.3 Å². The van der Waals surface area contributed by atoms with E-state index >= 15 is 0 Å². The average molecular weight is 449 g/mol. The summed E-state index contributed by atoms with van der Waals surface area (Å²) in [4.78, 5) is 26.3. The molecule has 0 atom stereocenters. The van der Waals surface area contributed by atoms with Gasteiger partial charge >= 0.3 is 0 Å². The van der Waals surface area contributed by atoms with Gasteiger partial charge in [-0.05, 0) is 24.6 Å². The minimum Gasteiger partial charge on any atom is -0.353 e. The standard InChI is InChI=1S/C23H30Cl2N4O/c1-14(2)21-26-16(5)19(12-17-6-7-18(24)13-20(17)25)22(27-21)28-8-10-29(11-9-28)23(30)15(3)4/h6-7,13-15H,8-12H2,1-5H3. The van der Waals surface area contributed by atoms with Crippen molar-refractivity contribution in [1.82, 2.24) is 14.9 Å². The summed E-state index contributed by atoms with van der Waals surface area (Å²) in [6, 6.07) is 5.59. The third kappa shape index (κ3) is 5.06. The van der Waals surface area contributed by atoms with E-state index in [1.807, 2.05) is 37.8 Å². The fraction of sp³-hybridized carbons (Fsp3) is 0.522. The quantitative estimate of drug-likeness (QED) is 0.637. The molecular formula is C23H30Cl2N4O. The lowest BCUT2D eigenvalue weighted by molar-refractivity contribution is -0.134. The summed E-state index contributed by atoms with van der Waals surface area (Å²) in [6.07, 6.45) is 0.640. The van der Waals surface area contributed by atoms with Gasteiger partial charge in [0.25, 0.3) is 0 Å². The second-order valence-electron chi connectivity index (χ2n) is 8.50. The Kier molecular flexibility index (Phi) is 7.25. The van der Waals surface area contributed by atoms with Crippen molar-refractivity contribution in [3.05, 3.63) is 50.9 Å². The van der Waals surface area contributed by atoms with E-state index in [4.69, 9.17) is 33.2 Å². The highest BCUT2D eigenvalue weighted by molar-refractivity contribution is 6.35. The van der Waals surface area contributed by atoms with Crippen LogP contribution in [0.5, 0.6) is 0 Å². The van der Waals surface area contributed by atoms with Crippen LogP contribution in [0.25, 0.3) is 0 Å². The number of nitrogens with zero attached hydrogens (tertiary/aromatic N) is 4. The zero-order chi connectivity index (χ0) is 22.0. The number of benzene rings is 1. The zero-order valence-electron chi connectivity index (χ0n) is 18.4. The van der Waals surface area contributed by atoms with Gasteiger partial charge in [0.15, 0.2) is 0 Å². The summed E-state index contributed by atoms with van der Waals surface area (Å²) < 4.78 is 0. The fourth-order valence-electron chi connectivity index (χ4n) is 3.69. The predicted molar refractivity (Wildman–Crippen MR) is 124 cm³/mol. The molecule has 0 aliphatic carbocycles. The molecule has 2 aromatic rings. The molecule has 30 heavy (non-hydrogen) atoms. The number of halogens is 2. The minimum absolute atomic E-state index is 0.0213. The number of anilines is 1. The van der Waals surface area contributed by atoms with E-state index in [-0.39, 0.29) is 17.7 Å². The molecule has 3 rings (SSSR count). The maximum atomic E-state index is 12.4. The highest BCUT2D eigenvalue weighted by Gasteiger charge is 2.26. The Hall–Kier alpha value is -1.85. The molecule has 7 heteroatoms. The van der Waals surface area contributed by atoms with Crippen molar-refractivity contribution in [2.24, 2.45) is 5.92 Å². The zero-order valence-corrected chi connectivity index (χ0v) is 19.9. The van der Waals surface area contributed by atoms with Crippen LogP contribution >= 0.6 is 23.2 Å². The van der Waals surface area contributed by atoms with E-state index in [2.05, 4.69) is 18.7 Å². The molecule has 1 aromatic carbocycles. The lowest BCUT2D eigenvalue weighted by Crippen LogP contribution is -2.50. The molecule has 0 saturated carbocycles. The van der Waals surface area contributed by atoms with Crippen molar-refractivity contribution in [3.63, 3.8) is 0 Å². The molecular weight excluding hydrogens is 419 g/mol. The molecule has 5 nitrogen and oxygen atoms in total. The third-order valence-electron chi connectivity index (χ3n) is 5.49. The largest absolute Gasteiger partial charge is 0.353 e. The van der Waals surface area contributed by atoms with Crippen molar-refractivity contribution in [2.75, 3.05) is 31.1 Å². The number of carbonyl (C=O) groups is 1. The van der Waals surface area contributed by atoms with Crippen LogP contribution in [0.1, 0.15) is 56.3 Å². The Bertz CT molecular complexity index is 922. The van der Waals surface area contributed by atoms with E-state index in [0.717, 1.165) is 41.6 Å². The van der Waals surface area contributed by atoms with E-state index in [1.54, 1.807) is 6.07 Å². The predicted octanol–water partition coefficient (Wildman–Crippen LogP) is 5.11. The number of rotatable bonds is 5. The number of aromatic nitrogens is 2. The molecule has 0 bridgehead atoms. The first-order valence-corrected chi connectivity index (χ1v) is 11.3. The second-order valence-corrected chi connectivity index (χ2v) is 9.35. The fourth-order valence-corrected chi connectivity index (χ4v) is 4.16. The number of amides is 1. The first-order valence-electron chi connectivity index (χ1n) is 10.5. The van der Waals surface area contributed by atoms with Crippen molar-refractivity contribution in [3.8, 4) is 0 Å². The van der Waals surface area contributed by atoms with Crippen LogP contribution in [-0.2, 0) is 11.2 Å². The van der Waals surface area contributed by atoms with Crippen LogP contribution in [0.3, 0.4) is 0 Å². The summed E-state index contributed by atoms with van der Waals surface area (Å²) >= 11 is 12.5. The first kappa shape index (κ1) is 22.8.